The fourth-order valence-corrected chi connectivity index (χ4v) is 3.55. The summed E-state index contributed by atoms with van der Waals surface area (Å²) < 4.78 is 13.1. The Bertz CT molecular complexity index is 803. The van der Waals surface area contributed by atoms with Crippen LogP contribution in [-0.4, -0.2) is 12.6 Å². The van der Waals surface area contributed by atoms with Gasteiger partial charge >= 0.3 is 0 Å². The summed E-state index contributed by atoms with van der Waals surface area (Å²) in [5.41, 5.74) is 10.3. The molecule has 28 heavy (non-hydrogen) atoms. The van der Waals surface area contributed by atoms with E-state index in [0.29, 0.717) is 0 Å². The maximum atomic E-state index is 13.1. The molecular formula is C25H29FN2. The van der Waals surface area contributed by atoms with Crippen molar-refractivity contribution >= 4 is 0 Å². The predicted octanol–water partition coefficient (Wildman–Crippen LogP) is 5.05. The van der Waals surface area contributed by atoms with Crippen molar-refractivity contribution in [2.24, 2.45) is 5.73 Å². The van der Waals surface area contributed by atoms with Crippen LogP contribution in [0.15, 0.2) is 84.9 Å². The van der Waals surface area contributed by atoms with Gasteiger partial charge in [0, 0.05) is 12.1 Å². The standard InChI is InChI=1S/C25H29FN2/c26-23-16-14-21(15-17-23)18-19-28-25(22-11-5-2-6-12-22)24(27)13-7-10-20-8-3-1-4-9-20/h1-6,8-9,11-12,14-17,24-25,28H,7,10,13,18-19,27H2. The normalized spacial score (nSPS) is 13.2. The Morgan fingerprint density at radius 3 is 2.04 bits per heavy atom. The Labute approximate surface area is 167 Å². The van der Waals surface area contributed by atoms with Crippen molar-refractivity contribution in [1.82, 2.24) is 5.32 Å². The van der Waals surface area contributed by atoms with Gasteiger partial charge in [0.15, 0.2) is 0 Å². The molecule has 0 heterocycles. The molecule has 2 atom stereocenters. The van der Waals surface area contributed by atoms with E-state index in [1.807, 2.05) is 24.3 Å². The van der Waals surface area contributed by atoms with Crippen LogP contribution in [0.25, 0.3) is 0 Å². The molecule has 0 saturated carbocycles. The molecule has 0 spiro atoms. The molecule has 0 bridgehead atoms. The first-order valence-corrected chi connectivity index (χ1v) is 10.0. The molecule has 3 aromatic rings. The fraction of sp³-hybridized carbons (Fsp3) is 0.280. The highest BCUT2D eigenvalue weighted by Crippen LogP contribution is 2.20. The predicted molar refractivity (Wildman–Crippen MR) is 115 cm³/mol. The average Bonchev–Trinajstić information content (AvgIpc) is 2.74. The minimum absolute atomic E-state index is 0.0410. The van der Waals surface area contributed by atoms with E-state index in [9.17, 15) is 4.39 Å². The van der Waals surface area contributed by atoms with E-state index in [1.165, 1.54) is 23.3 Å². The van der Waals surface area contributed by atoms with Crippen LogP contribution in [0.2, 0.25) is 0 Å². The minimum atomic E-state index is -0.195. The van der Waals surface area contributed by atoms with Gasteiger partial charge in [0.2, 0.25) is 0 Å². The minimum Gasteiger partial charge on any atom is -0.326 e. The summed E-state index contributed by atoms with van der Waals surface area (Å²) in [4.78, 5) is 0. The van der Waals surface area contributed by atoms with Gasteiger partial charge in [-0.05, 0) is 61.1 Å². The number of hydrogen-bond acceptors (Lipinski definition) is 2. The zero-order valence-electron chi connectivity index (χ0n) is 16.2. The van der Waals surface area contributed by atoms with E-state index in [-0.39, 0.29) is 17.9 Å². The Kier molecular flexibility index (Phi) is 7.77. The van der Waals surface area contributed by atoms with Gasteiger partial charge in [-0.3, -0.25) is 0 Å². The van der Waals surface area contributed by atoms with Crippen molar-refractivity contribution in [3.63, 3.8) is 0 Å². The Morgan fingerprint density at radius 2 is 1.36 bits per heavy atom. The Balaban J connectivity index is 1.55. The van der Waals surface area contributed by atoms with Crippen LogP contribution in [0.4, 0.5) is 4.39 Å². The smallest absolute Gasteiger partial charge is 0.123 e. The van der Waals surface area contributed by atoms with E-state index in [2.05, 4.69) is 53.8 Å². The van der Waals surface area contributed by atoms with Gasteiger partial charge in [0.1, 0.15) is 5.82 Å². The van der Waals surface area contributed by atoms with Crippen LogP contribution in [0.1, 0.15) is 35.6 Å². The quantitative estimate of drug-likeness (QED) is 0.520. The molecule has 3 aromatic carbocycles. The van der Waals surface area contributed by atoms with E-state index < -0.39 is 0 Å². The molecule has 0 fully saturated rings. The van der Waals surface area contributed by atoms with Crippen molar-refractivity contribution in [1.29, 1.82) is 0 Å². The zero-order chi connectivity index (χ0) is 19.6. The Hall–Kier alpha value is -2.49. The number of nitrogens with one attached hydrogen (secondary N) is 1. The lowest BCUT2D eigenvalue weighted by atomic mass is 9.94. The second-order valence-corrected chi connectivity index (χ2v) is 7.26. The van der Waals surface area contributed by atoms with Gasteiger partial charge in [-0.25, -0.2) is 4.39 Å². The highest BCUT2D eigenvalue weighted by Gasteiger charge is 2.18. The number of halogens is 1. The molecule has 0 radical (unpaired) electrons. The third-order valence-corrected chi connectivity index (χ3v) is 5.12. The topological polar surface area (TPSA) is 38.0 Å². The van der Waals surface area contributed by atoms with Gasteiger partial charge in [0.25, 0.3) is 0 Å². The lowest BCUT2D eigenvalue weighted by Gasteiger charge is -2.26. The van der Waals surface area contributed by atoms with Gasteiger partial charge in [-0.1, -0.05) is 72.8 Å². The summed E-state index contributed by atoms with van der Waals surface area (Å²) >= 11 is 0. The highest BCUT2D eigenvalue weighted by atomic mass is 19.1. The molecule has 3 heteroatoms. The monoisotopic (exact) mass is 376 g/mol. The fourth-order valence-electron chi connectivity index (χ4n) is 3.55. The molecule has 3 rings (SSSR count). The van der Waals surface area contributed by atoms with Crippen LogP contribution < -0.4 is 11.1 Å². The van der Waals surface area contributed by atoms with Crippen molar-refractivity contribution in [3.8, 4) is 0 Å². The Morgan fingerprint density at radius 1 is 0.750 bits per heavy atom. The molecule has 0 aliphatic carbocycles. The summed E-state index contributed by atoms with van der Waals surface area (Å²) in [5.74, 6) is -0.195. The van der Waals surface area contributed by atoms with E-state index in [4.69, 9.17) is 5.73 Å². The van der Waals surface area contributed by atoms with E-state index in [0.717, 1.165) is 37.8 Å². The number of rotatable bonds is 10. The first-order valence-electron chi connectivity index (χ1n) is 10.0. The first kappa shape index (κ1) is 20.2. The van der Waals surface area contributed by atoms with Gasteiger partial charge in [-0.15, -0.1) is 0 Å². The third-order valence-electron chi connectivity index (χ3n) is 5.12. The van der Waals surface area contributed by atoms with Crippen LogP contribution in [0.5, 0.6) is 0 Å². The van der Waals surface area contributed by atoms with Crippen LogP contribution >= 0.6 is 0 Å². The van der Waals surface area contributed by atoms with E-state index >= 15 is 0 Å². The number of aryl methyl sites for hydroxylation is 1. The molecule has 3 N–H and O–H groups in total. The maximum Gasteiger partial charge on any atom is 0.123 e. The zero-order valence-corrected chi connectivity index (χ0v) is 16.2. The summed E-state index contributed by atoms with van der Waals surface area (Å²) in [5, 5.41) is 3.63. The largest absolute Gasteiger partial charge is 0.326 e. The molecular weight excluding hydrogens is 347 g/mol. The van der Waals surface area contributed by atoms with Crippen molar-refractivity contribution in [2.75, 3.05) is 6.54 Å². The third kappa shape index (κ3) is 6.29. The summed E-state index contributed by atoms with van der Waals surface area (Å²) in [6.45, 7) is 0.803. The lowest BCUT2D eigenvalue weighted by Crippen LogP contribution is -2.39. The highest BCUT2D eigenvalue weighted by molar-refractivity contribution is 5.21. The SMILES string of the molecule is NC(CCCc1ccccc1)C(NCCc1ccc(F)cc1)c1ccccc1. The second kappa shape index (κ2) is 10.7. The van der Waals surface area contributed by atoms with Gasteiger partial charge in [-0.2, -0.15) is 0 Å². The molecule has 0 saturated heterocycles. The molecule has 2 unspecified atom stereocenters. The average molecular weight is 377 g/mol. The summed E-state index contributed by atoms with van der Waals surface area (Å²) in [6.07, 6.45) is 3.91. The van der Waals surface area contributed by atoms with Crippen LogP contribution in [0, 0.1) is 5.82 Å². The number of benzene rings is 3. The number of hydrogen-bond donors (Lipinski definition) is 2. The van der Waals surface area contributed by atoms with E-state index in [1.54, 1.807) is 0 Å². The molecule has 2 nitrogen and oxygen atoms in total. The molecule has 0 aromatic heterocycles. The van der Waals surface area contributed by atoms with Gasteiger partial charge < -0.3 is 11.1 Å². The maximum absolute atomic E-state index is 13.1. The van der Waals surface area contributed by atoms with Crippen molar-refractivity contribution < 1.29 is 4.39 Å². The van der Waals surface area contributed by atoms with Crippen molar-refractivity contribution in [3.05, 3.63) is 107 Å². The molecule has 0 aliphatic heterocycles. The molecule has 0 aliphatic rings. The number of nitrogens with two attached hydrogens (primary N) is 1. The van der Waals surface area contributed by atoms with Crippen molar-refractivity contribution in [2.45, 2.75) is 37.8 Å². The van der Waals surface area contributed by atoms with Crippen LogP contribution in [-0.2, 0) is 12.8 Å². The molecule has 146 valence electrons. The molecule has 0 amide bonds. The van der Waals surface area contributed by atoms with Gasteiger partial charge in [0.05, 0.1) is 0 Å². The second-order valence-electron chi connectivity index (χ2n) is 7.26. The first-order chi connectivity index (χ1) is 13.7. The lowest BCUT2D eigenvalue weighted by molar-refractivity contribution is 0.417. The summed E-state index contributed by atoms with van der Waals surface area (Å²) in [6, 6.07) is 27.8. The van der Waals surface area contributed by atoms with Crippen LogP contribution in [0.3, 0.4) is 0 Å². The summed E-state index contributed by atoms with van der Waals surface area (Å²) in [7, 11) is 0.